The number of para-hydroxylation sites is 1. The van der Waals surface area contributed by atoms with Gasteiger partial charge in [0.1, 0.15) is 18.1 Å². The van der Waals surface area contributed by atoms with Crippen molar-refractivity contribution in [2.45, 2.75) is 22.4 Å². The first-order valence-corrected chi connectivity index (χ1v) is 15.0. The highest BCUT2D eigenvalue weighted by molar-refractivity contribution is 7.99. The highest BCUT2D eigenvalue weighted by atomic mass is 32.2. The number of fused-ring (bicyclic) bond motifs is 2. The molecule has 0 radical (unpaired) electrons. The largest absolute Gasteiger partial charge is 0.497 e. The van der Waals surface area contributed by atoms with Gasteiger partial charge >= 0.3 is 0 Å². The maximum Gasteiger partial charge on any atom is 0.216 e. The molecular weight excluding hydrogens is 566 g/mol. The molecule has 0 aliphatic carbocycles. The van der Waals surface area contributed by atoms with Crippen LogP contribution in [0.15, 0.2) is 82.6 Å². The summed E-state index contributed by atoms with van der Waals surface area (Å²) in [7, 11) is 3.28. The average molecular weight is 602 g/mol. The second-order valence-electron chi connectivity index (χ2n) is 10.3. The maximum atomic E-state index is 9.66. The van der Waals surface area contributed by atoms with Crippen molar-refractivity contribution in [1.82, 2.24) is 4.98 Å². The zero-order chi connectivity index (χ0) is 29.6. The predicted molar refractivity (Wildman–Crippen MR) is 167 cm³/mol. The molecule has 0 spiro atoms. The molecular formula is C33H35N3O6S. The fraction of sp³-hybridized carbons (Fsp3) is 0.303. The van der Waals surface area contributed by atoms with Crippen LogP contribution in [-0.2, 0) is 16.1 Å². The van der Waals surface area contributed by atoms with Gasteiger partial charge in [0, 0.05) is 43.2 Å². The number of aliphatic hydroxyl groups excluding tert-OH is 1. The fourth-order valence-corrected chi connectivity index (χ4v) is 6.08. The Labute approximate surface area is 255 Å². The molecule has 43 heavy (non-hydrogen) atoms. The molecule has 1 fully saturated rings. The number of morpholine rings is 1. The molecule has 1 atom stereocenters. The topological polar surface area (TPSA) is 94.5 Å². The lowest BCUT2D eigenvalue weighted by atomic mass is 10.1. The Kier molecular flexibility index (Phi) is 9.18. The van der Waals surface area contributed by atoms with E-state index in [0.29, 0.717) is 32.3 Å². The molecule has 3 aromatic carbocycles. The van der Waals surface area contributed by atoms with Gasteiger partial charge in [-0.25, -0.2) is 4.98 Å². The number of hydrogen-bond acceptors (Lipinski definition) is 10. The Morgan fingerprint density at radius 3 is 2.60 bits per heavy atom. The minimum absolute atomic E-state index is 0.0247. The normalized spacial score (nSPS) is 14.7. The Balaban J connectivity index is 1.29. The average Bonchev–Trinajstić information content (AvgIpc) is 3.06. The second kappa shape index (κ2) is 13.6. The third kappa shape index (κ3) is 6.83. The van der Waals surface area contributed by atoms with E-state index >= 15 is 0 Å². The number of hydrogen-bond donors (Lipinski definition) is 2. The molecule has 1 unspecified atom stereocenters. The number of aromatic nitrogens is 1. The zero-order valence-electron chi connectivity index (χ0n) is 24.2. The Morgan fingerprint density at radius 1 is 1.00 bits per heavy atom. The molecule has 1 saturated heterocycles. The van der Waals surface area contributed by atoms with Crippen LogP contribution in [0.25, 0.3) is 11.3 Å². The maximum absolute atomic E-state index is 9.66. The number of ether oxygens (including phenoxy) is 5. The molecule has 0 bridgehead atoms. The Morgan fingerprint density at radius 2 is 1.84 bits per heavy atom. The van der Waals surface area contributed by atoms with E-state index in [1.807, 2.05) is 60.7 Å². The molecule has 3 heterocycles. The van der Waals surface area contributed by atoms with Crippen molar-refractivity contribution >= 4 is 23.1 Å². The number of pyridine rings is 1. The van der Waals surface area contributed by atoms with Crippen molar-refractivity contribution in [2.24, 2.45) is 0 Å². The van der Waals surface area contributed by atoms with E-state index in [1.165, 1.54) is 0 Å². The number of benzene rings is 3. The summed E-state index contributed by atoms with van der Waals surface area (Å²) in [5.74, 6) is 2.88. The van der Waals surface area contributed by atoms with Crippen LogP contribution < -0.4 is 24.4 Å². The van der Waals surface area contributed by atoms with E-state index < -0.39 is 0 Å². The van der Waals surface area contributed by atoms with Crippen LogP contribution in [0.3, 0.4) is 0 Å². The molecule has 2 aliphatic heterocycles. The van der Waals surface area contributed by atoms with Crippen LogP contribution in [0.1, 0.15) is 5.56 Å². The lowest BCUT2D eigenvalue weighted by Crippen LogP contribution is -2.36. The van der Waals surface area contributed by atoms with E-state index in [2.05, 4.69) is 22.3 Å². The fourth-order valence-electron chi connectivity index (χ4n) is 5.06. The van der Waals surface area contributed by atoms with Gasteiger partial charge in [-0.15, -0.1) is 0 Å². The van der Waals surface area contributed by atoms with Gasteiger partial charge < -0.3 is 39.0 Å². The van der Waals surface area contributed by atoms with Gasteiger partial charge in [-0.2, -0.15) is 0 Å². The lowest BCUT2D eigenvalue weighted by Gasteiger charge is -2.29. The van der Waals surface area contributed by atoms with Crippen LogP contribution in [0.2, 0.25) is 0 Å². The van der Waals surface area contributed by atoms with Gasteiger partial charge in [0.2, 0.25) is 5.88 Å². The molecule has 224 valence electrons. The number of rotatable bonds is 11. The van der Waals surface area contributed by atoms with Crippen molar-refractivity contribution < 1.29 is 28.8 Å². The summed E-state index contributed by atoms with van der Waals surface area (Å²) in [5, 5.41) is 13.0. The molecule has 2 aliphatic rings. The van der Waals surface area contributed by atoms with Gasteiger partial charge in [-0.05, 0) is 54.1 Å². The van der Waals surface area contributed by atoms with Crippen molar-refractivity contribution in [2.75, 3.05) is 64.0 Å². The van der Waals surface area contributed by atoms with Gasteiger partial charge in [0.25, 0.3) is 0 Å². The Bertz CT molecular complexity index is 1540. The SMILES string of the molecule is COCC(CO)Nc1ccc2c(c1)Sc1cccc(-c3cc(N4CCOCC4)cc(OCc4ccc(OC)cc4)n3)c1O2. The lowest BCUT2D eigenvalue weighted by molar-refractivity contribution is 0.122. The third-order valence-corrected chi connectivity index (χ3v) is 8.38. The third-order valence-electron chi connectivity index (χ3n) is 7.30. The number of nitrogens with zero attached hydrogens (tertiary/aromatic N) is 2. The van der Waals surface area contributed by atoms with Crippen molar-refractivity contribution in [3.8, 4) is 34.4 Å². The molecule has 10 heteroatoms. The molecule has 6 rings (SSSR count). The van der Waals surface area contributed by atoms with Gasteiger partial charge in [0.15, 0.2) is 5.75 Å². The first-order chi connectivity index (χ1) is 21.1. The molecule has 9 nitrogen and oxygen atoms in total. The van der Waals surface area contributed by atoms with E-state index in [1.54, 1.807) is 26.0 Å². The van der Waals surface area contributed by atoms with E-state index in [4.69, 9.17) is 28.7 Å². The predicted octanol–water partition coefficient (Wildman–Crippen LogP) is 5.85. The molecule has 2 N–H and O–H groups in total. The van der Waals surface area contributed by atoms with Gasteiger partial charge in [0.05, 0.1) is 55.1 Å². The molecule has 4 aromatic rings. The molecule has 0 saturated carbocycles. The van der Waals surface area contributed by atoms with Gasteiger partial charge in [-0.1, -0.05) is 30.0 Å². The minimum atomic E-state index is -0.192. The van der Waals surface area contributed by atoms with Crippen molar-refractivity contribution in [3.05, 3.63) is 78.4 Å². The monoisotopic (exact) mass is 601 g/mol. The van der Waals surface area contributed by atoms with Crippen LogP contribution >= 0.6 is 11.8 Å². The molecule has 1 aromatic heterocycles. The van der Waals surface area contributed by atoms with Crippen LogP contribution in [0.4, 0.5) is 11.4 Å². The number of aliphatic hydroxyl groups is 1. The quantitative estimate of drug-likeness (QED) is 0.192. The summed E-state index contributed by atoms with van der Waals surface area (Å²) in [4.78, 5) is 9.23. The second-order valence-corrected chi connectivity index (χ2v) is 11.3. The summed E-state index contributed by atoms with van der Waals surface area (Å²) in [5.41, 5.74) is 4.62. The van der Waals surface area contributed by atoms with Crippen LogP contribution in [0.5, 0.6) is 23.1 Å². The van der Waals surface area contributed by atoms with E-state index in [9.17, 15) is 5.11 Å². The summed E-state index contributed by atoms with van der Waals surface area (Å²) in [6.07, 6.45) is 0. The highest BCUT2D eigenvalue weighted by Crippen LogP contribution is 2.51. The van der Waals surface area contributed by atoms with E-state index in [0.717, 1.165) is 68.3 Å². The van der Waals surface area contributed by atoms with Crippen molar-refractivity contribution in [1.29, 1.82) is 0 Å². The summed E-state index contributed by atoms with van der Waals surface area (Å²) in [6, 6.07) is 23.8. The summed E-state index contributed by atoms with van der Waals surface area (Å²) >= 11 is 1.65. The zero-order valence-corrected chi connectivity index (χ0v) is 25.1. The first-order valence-electron chi connectivity index (χ1n) is 14.2. The van der Waals surface area contributed by atoms with Crippen molar-refractivity contribution in [3.63, 3.8) is 0 Å². The first kappa shape index (κ1) is 29.1. The number of nitrogens with one attached hydrogen (secondary N) is 1. The summed E-state index contributed by atoms with van der Waals surface area (Å²) < 4.78 is 28.9. The number of methoxy groups -OCH3 is 2. The minimum Gasteiger partial charge on any atom is -0.497 e. The number of anilines is 2. The molecule has 0 amide bonds. The highest BCUT2D eigenvalue weighted by Gasteiger charge is 2.24. The Hall–Kier alpha value is -3.96. The standard InChI is InChI=1S/C33H35N3O6S/c1-38-21-24(19-37)34-23-8-11-29-31(16-23)43-30-5-3-4-27(33(30)42-29)28-17-25(36-12-14-40-15-13-36)18-32(35-28)41-20-22-6-9-26(39-2)10-7-22/h3-11,16-18,24,34,37H,12-15,19-21H2,1-2H3. The summed E-state index contributed by atoms with van der Waals surface area (Å²) in [6.45, 7) is 3.72. The van der Waals surface area contributed by atoms with E-state index in [-0.39, 0.29) is 12.6 Å². The van der Waals surface area contributed by atoms with Crippen LogP contribution in [0, 0.1) is 0 Å². The van der Waals surface area contributed by atoms with Gasteiger partial charge in [-0.3, -0.25) is 0 Å². The van der Waals surface area contributed by atoms with Crippen LogP contribution in [-0.4, -0.2) is 69.9 Å². The smallest absolute Gasteiger partial charge is 0.216 e.